The van der Waals surface area contributed by atoms with Gasteiger partial charge < -0.3 is 4.74 Å². The predicted octanol–water partition coefficient (Wildman–Crippen LogP) is 3.47. The Hall–Kier alpha value is -0.790. The Morgan fingerprint density at radius 3 is 2.93 bits per heavy atom. The third-order valence-corrected chi connectivity index (χ3v) is 2.84. The quantitative estimate of drug-likeness (QED) is 0.381. The summed E-state index contributed by atoms with van der Waals surface area (Å²) < 4.78 is 5.26. The summed E-state index contributed by atoms with van der Waals surface area (Å²) in [5, 5.41) is 0. The highest BCUT2D eigenvalue weighted by atomic mass is 16.5. The lowest BCUT2D eigenvalue weighted by molar-refractivity contribution is -0.145. The largest absolute Gasteiger partial charge is 0.465 e. The molecular weight excluding hydrogens is 188 g/mol. The van der Waals surface area contributed by atoms with Gasteiger partial charge in [0, 0.05) is 6.42 Å². The Balaban J connectivity index is 2.03. The van der Waals surface area contributed by atoms with Gasteiger partial charge in [-0.2, -0.15) is 0 Å². The number of carbonyl (C=O) groups is 1. The van der Waals surface area contributed by atoms with Crippen molar-refractivity contribution in [3.8, 4) is 0 Å². The van der Waals surface area contributed by atoms with Crippen LogP contribution in [0.2, 0.25) is 0 Å². The van der Waals surface area contributed by atoms with Crippen molar-refractivity contribution in [1.82, 2.24) is 0 Å². The van der Waals surface area contributed by atoms with Crippen molar-refractivity contribution in [2.45, 2.75) is 51.9 Å². The van der Waals surface area contributed by atoms with Gasteiger partial charge >= 0.3 is 5.97 Å². The molecule has 0 amide bonds. The number of hydrogen-bond acceptors (Lipinski definition) is 2. The molecule has 86 valence electrons. The standard InChI is InChI=1S/C13H22O2/c1-2-3-5-10-13(14)15-11-12-8-6-4-7-9-12/h4,6,12H,2-3,5,7-11H2,1H3. The minimum Gasteiger partial charge on any atom is -0.465 e. The minimum absolute atomic E-state index is 0.0157. The number of carbonyl (C=O) groups excluding carboxylic acids is 1. The van der Waals surface area contributed by atoms with E-state index in [1.54, 1.807) is 0 Å². The molecular formula is C13H22O2. The zero-order chi connectivity index (χ0) is 10.9. The van der Waals surface area contributed by atoms with Gasteiger partial charge in [-0.15, -0.1) is 0 Å². The number of allylic oxidation sites excluding steroid dienone is 2. The normalized spacial score (nSPS) is 20.2. The van der Waals surface area contributed by atoms with E-state index in [9.17, 15) is 4.79 Å². The van der Waals surface area contributed by atoms with Crippen LogP contribution in [0.4, 0.5) is 0 Å². The zero-order valence-electron chi connectivity index (χ0n) is 9.71. The van der Waals surface area contributed by atoms with Crippen LogP contribution in [0.25, 0.3) is 0 Å². The monoisotopic (exact) mass is 210 g/mol. The van der Waals surface area contributed by atoms with Gasteiger partial charge in [-0.1, -0.05) is 31.9 Å². The molecule has 15 heavy (non-hydrogen) atoms. The van der Waals surface area contributed by atoms with Crippen LogP contribution in [0.1, 0.15) is 51.9 Å². The average molecular weight is 210 g/mol. The second-order valence-corrected chi connectivity index (χ2v) is 4.29. The number of esters is 1. The van der Waals surface area contributed by atoms with Crippen molar-refractivity contribution in [2.24, 2.45) is 5.92 Å². The first-order valence-electron chi connectivity index (χ1n) is 6.13. The molecule has 2 nitrogen and oxygen atoms in total. The van der Waals surface area contributed by atoms with Crippen LogP contribution in [-0.2, 0) is 9.53 Å². The molecule has 0 aliphatic heterocycles. The molecule has 1 atom stereocenters. The van der Waals surface area contributed by atoms with Crippen molar-refractivity contribution in [3.63, 3.8) is 0 Å². The van der Waals surface area contributed by atoms with Crippen LogP contribution in [0.15, 0.2) is 12.2 Å². The van der Waals surface area contributed by atoms with Gasteiger partial charge in [0.1, 0.15) is 0 Å². The molecule has 0 fully saturated rings. The fourth-order valence-corrected chi connectivity index (χ4v) is 1.81. The molecule has 0 saturated heterocycles. The molecule has 0 saturated carbocycles. The topological polar surface area (TPSA) is 26.3 Å². The molecule has 0 N–H and O–H groups in total. The van der Waals surface area contributed by atoms with Crippen LogP contribution in [0.3, 0.4) is 0 Å². The second-order valence-electron chi connectivity index (χ2n) is 4.29. The van der Waals surface area contributed by atoms with E-state index in [2.05, 4.69) is 19.1 Å². The third-order valence-electron chi connectivity index (χ3n) is 2.84. The van der Waals surface area contributed by atoms with Gasteiger partial charge in [0.25, 0.3) is 0 Å². The van der Waals surface area contributed by atoms with Crippen LogP contribution in [-0.4, -0.2) is 12.6 Å². The molecule has 1 unspecified atom stereocenters. The van der Waals surface area contributed by atoms with Crippen molar-refractivity contribution < 1.29 is 9.53 Å². The molecule has 1 aliphatic carbocycles. The first kappa shape index (κ1) is 12.3. The molecule has 0 aromatic rings. The molecule has 0 radical (unpaired) electrons. The van der Waals surface area contributed by atoms with Gasteiger partial charge in [-0.05, 0) is 31.6 Å². The van der Waals surface area contributed by atoms with E-state index in [1.807, 2.05) is 0 Å². The molecule has 1 rings (SSSR count). The number of hydrogen-bond donors (Lipinski definition) is 0. The fraction of sp³-hybridized carbons (Fsp3) is 0.769. The van der Waals surface area contributed by atoms with Crippen LogP contribution < -0.4 is 0 Å². The first-order chi connectivity index (χ1) is 7.33. The minimum atomic E-state index is -0.0157. The van der Waals surface area contributed by atoms with Gasteiger partial charge in [-0.25, -0.2) is 0 Å². The van der Waals surface area contributed by atoms with E-state index in [4.69, 9.17) is 4.74 Å². The lowest BCUT2D eigenvalue weighted by atomic mass is 9.95. The van der Waals surface area contributed by atoms with Crippen molar-refractivity contribution in [2.75, 3.05) is 6.61 Å². The summed E-state index contributed by atoms with van der Waals surface area (Å²) in [4.78, 5) is 11.3. The molecule has 0 aromatic carbocycles. The molecule has 0 spiro atoms. The maximum atomic E-state index is 11.3. The maximum Gasteiger partial charge on any atom is 0.305 e. The summed E-state index contributed by atoms with van der Waals surface area (Å²) in [6.07, 6.45) is 11.6. The Labute approximate surface area is 92.7 Å². The highest BCUT2D eigenvalue weighted by Crippen LogP contribution is 2.18. The van der Waals surface area contributed by atoms with Crippen molar-refractivity contribution in [3.05, 3.63) is 12.2 Å². The van der Waals surface area contributed by atoms with Crippen molar-refractivity contribution in [1.29, 1.82) is 0 Å². The second kappa shape index (κ2) is 7.49. The third kappa shape index (κ3) is 5.60. The van der Waals surface area contributed by atoms with Crippen LogP contribution in [0.5, 0.6) is 0 Å². The Bertz CT molecular complexity index is 209. The van der Waals surface area contributed by atoms with Crippen molar-refractivity contribution >= 4 is 5.97 Å². The van der Waals surface area contributed by atoms with E-state index in [0.29, 0.717) is 18.9 Å². The van der Waals surface area contributed by atoms with E-state index in [0.717, 1.165) is 32.1 Å². The van der Waals surface area contributed by atoms with Crippen LogP contribution >= 0.6 is 0 Å². The number of ether oxygens (including phenoxy) is 1. The van der Waals surface area contributed by atoms with E-state index >= 15 is 0 Å². The lowest BCUT2D eigenvalue weighted by Gasteiger charge is -2.17. The molecule has 0 heterocycles. The van der Waals surface area contributed by atoms with Gasteiger partial charge in [-0.3, -0.25) is 4.79 Å². The van der Waals surface area contributed by atoms with E-state index < -0.39 is 0 Å². The Kier molecular flexibility index (Phi) is 6.14. The summed E-state index contributed by atoms with van der Waals surface area (Å²) >= 11 is 0. The maximum absolute atomic E-state index is 11.3. The Morgan fingerprint density at radius 1 is 1.40 bits per heavy atom. The summed E-state index contributed by atoms with van der Waals surface area (Å²) in [5.74, 6) is 0.545. The smallest absolute Gasteiger partial charge is 0.305 e. The van der Waals surface area contributed by atoms with Gasteiger partial charge in [0.2, 0.25) is 0 Å². The summed E-state index contributed by atoms with van der Waals surface area (Å²) in [5.41, 5.74) is 0. The molecule has 2 heteroatoms. The van der Waals surface area contributed by atoms with Gasteiger partial charge in [0.05, 0.1) is 6.61 Å². The number of unbranched alkanes of at least 4 members (excludes halogenated alkanes) is 2. The summed E-state index contributed by atoms with van der Waals surface area (Å²) in [6.45, 7) is 2.76. The Morgan fingerprint density at radius 2 is 2.27 bits per heavy atom. The van der Waals surface area contributed by atoms with Gasteiger partial charge in [0.15, 0.2) is 0 Å². The van der Waals surface area contributed by atoms with E-state index in [1.165, 1.54) is 6.42 Å². The van der Waals surface area contributed by atoms with Crippen LogP contribution in [0, 0.1) is 5.92 Å². The average Bonchev–Trinajstić information content (AvgIpc) is 2.28. The molecule has 0 bridgehead atoms. The predicted molar refractivity (Wildman–Crippen MR) is 61.6 cm³/mol. The summed E-state index contributed by atoms with van der Waals surface area (Å²) in [7, 11) is 0. The highest BCUT2D eigenvalue weighted by molar-refractivity contribution is 5.69. The molecule has 1 aliphatic rings. The first-order valence-corrected chi connectivity index (χ1v) is 6.13. The number of rotatable bonds is 6. The summed E-state index contributed by atoms with van der Waals surface area (Å²) in [6, 6.07) is 0. The zero-order valence-corrected chi connectivity index (χ0v) is 9.71. The van der Waals surface area contributed by atoms with E-state index in [-0.39, 0.29) is 5.97 Å². The highest BCUT2D eigenvalue weighted by Gasteiger charge is 2.12. The molecule has 0 aromatic heterocycles. The fourth-order valence-electron chi connectivity index (χ4n) is 1.81. The SMILES string of the molecule is CCCCCC(=O)OCC1CC=CCC1. The lowest BCUT2D eigenvalue weighted by Crippen LogP contribution is -2.15.